The molecule has 0 unspecified atom stereocenters. The number of nitrogens with one attached hydrogen (secondary N) is 1. The van der Waals surface area contributed by atoms with Crippen LogP contribution in [0.25, 0.3) is 0 Å². The lowest BCUT2D eigenvalue weighted by atomic mass is 10.2. The molecule has 0 atom stereocenters. The third-order valence-corrected chi connectivity index (χ3v) is 3.12. The van der Waals surface area contributed by atoms with E-state index in [1.807, 2.05) is 0 Å². The van der Waals surface area contributed by atoms with Crippen LogP contribution in [0.2, 0.25) is 5.02 Å². The predicted molar refractivity (Wildman–Crippen MR) is 73.7 cm³/mol. The second kappa shape index (κ2) is 4.90. The normalized spacial score (nSPS) is 13.2. The van der Waals surface area contributed by atoms with Crippen molar-refractivity contribution < 1.29 is 9.59 Å². The van der Waals surface area contributed by atoms with E-state index in [1.165, 1.54) is 6.20 Å². The Morgan fingerprint density at radius 2 is 2.20 bits per heavy atom. The summed E-state index contributed by atoms with van der Waals surface area (Å²) in [5.41, 5.74) is 1.28. The Hall–Kier alpha value is -2.47. The Kier molecular flexibility index (Phi) is 3.08. The summed E-state index contributed by atoms with van der Waals surface area (Å²) in [5.74, 6) is -0.0172. The molecule has 0 spiro atoms. The fourth-order valence-electron chi connectivity index (χ4n) is 2.05. The maximum absolute atomic E-state index is 12.2. The van der Waals surface area contributed by atoms with Crippen LogP contribution in [-0.4, -0.2) is 22.1 Å². The minimum atomic E-state index is -0.559. The summed E-state index contributed by atoms with van der Waals surface area (Å²) < 4.78 is 0. The zero-order valence-corrected chi connectivity index (χ0v) is 11.0. The average molecular weight is 289 g/mol. The lowest BCUT2D eigenvalue weighted by Gasteiger charge is -2.15. The molecule has 7 heteroatoms. The molecule has 6 nitrogen and oxygen atoms in total. The van der Waals surface area contributed by atoms with Crippen LogP contribution >= 0.6 is 11.6 Å². The summed E-state index contributed by atoms with van der Waals surface area (Å²) >= 11 is 5.88. The number of nitrogens with zero attached hydrogens (tertiary/aromatic N) is 3. The molecule has 2 heterocycles. The smallest absolute Gasteiger partial charge is 0.290 e. The van der Waals surface area contributed by atoms with Crippen molar-refractivity contribution in [2.24, 2.45) is 0 Å². The van der Waals surface area contributed by atoms with Gasteiger partial charge in [0.05, 0.1) is 12.1 Å². The van der Waals surface area contributed by atoms with Gasteiger partial charge in [0.2, 0.25) is 5.91 Å². The first-order chi connectivity index (χ1) is 9.65. The highest BCUT2D eigenvalue weighted by atomic mass is 35.5. The van der Waals surface area contributed by atoms with E-state index >= 15 is 0 Å². The Labute approximate surface area is 119 Å². The standard InChI is InChI=1S/C13H9ClN4O2/c14-9-3-4-10-8(6-9)7-12(19)18(10)13(20)16-11-2-1-5-15-17-11/h1-6H,7H2,(H,16,17,20). The molecule has 0 fully saturated rings. The Morgan fingerprint density at radius 1 is 1.35 bits per heavy atom. The molecule has 20 heavy (non-hydrogen) atoms. The van der Waals surface area contributed by atoms with Gasteiger partial charge < -0.3 is 0 Å². The van der Waals surface area contributed by atoms with Crippen molar-refractivity contribution >= 4 is 35.0 Å². The van der Waals surface area contributed by atoms with Gasteiger partial charge in [-0.3, -0.25) is 10.1 Å². The van der Waals surface area contributed by atoms with Crippen molar-refractivity contribution in [3.63, 3.8) is 0 Å². The van der Waals surface area contributed by atoms with Crippen LogP contribution in [0.3, 0.4) is 0 Å². The molecule has 0 saturated carbocycles. The van der Waals surface area contributed by atoms with Crippen LogP contribution in [-0.2, 0) is 11.2 Å². The third-order valence-electron chi connectivity index (χ3n) is 2.88. The molecule has 2 aromatic rings. The van der Waals surface area contributed by atoms with E-state index in [0.717, 1.165) is 10.5 Å². The van der Waals surface area contributed by atoms with Gasteiger partial charge in [-0.15, -0.1) is 5.10 Å². The summed E-state index contributed by atoms with van der Waals surface area (Å²) in [7, 11) is 0. The topological polar surface area (TPSA) is 75.2 Å². The van der Waals surface area contributed by atoms with E-state index in [4.69, 9.17) is 11.6 Å². The predicted octanol–water partition coefficient (Wildman–Crippen LogP) is 2.25. The number of amides is 3. The zero-order chi connectivity index (χ0) is 14.1. The van der Waals surface area contributed by atoms with Crippen molar-refractivity contribution in [1.82, 2.24) is 10.2 Å². The summed E-state index contributed by atoms with van der Waals surface area (Å²) in [6.07, 6.45) is 1.65. The van der Waals surface area contributed by atoms with Gasteiger partial charge in [-0.05, 0) is 35.9 Å². The molecule has 0 radical (unpaired) electrons. The van der Waals surface area contributed by atoms with Gasteiger partial charge in [0.1, 0.15) is 0 Å². The van der Waals surface area contributed by atoms with Crippen LogP contribution in [0.1, 0.15) is 5.56 Å². The number of hydrogen-bond acceptors (Lipinski definition) is 4. The molecule has 0 bridgehead atoms. The molecule has 1 aliphatic heterocycles. The second-order valence-electron chi connectivity index (χ2n) is 4.22. The summed E-state index contributed by atoms with van der Waals surface area (Å²) in [6, 6.07) is 7.65. The number of benzene rings is 1. The number of aromatic nitrogens is 2. The molecule has 1 aromatic carbocycles. The number of imide groups is 1. The van der Waals surface area contributed by atoms with Crippen LogP contribution in [0, 0.1) is 0 Å². The number of fused-ring (bicyclic) bond motifs is 1. The molecule has 0 saturated heterocycles. The fraction of sp³-hybridized carbons (Fsp3) is 0.0769. The van der Waals surface area contributed by atoms with Crippen molar-refractivity contribution in [2.75, 3.05) is 10.2 Å². The van der Waals surface area contributed by atoms with E-state index in [2.05, 4.69) is 15.5 Å². The van der Waals surface area contributed by atoms with Gasteiger partial charge in [0.25, 0.3) is 0 Å². The second-order valence-corrected chi connectivity index (χ2v) is 4.65. The molecule has 0 aliphatic carbocycles. The monoisotopic (exact) mass is 288 g/mol. The summed E-state index contributed by atoms with van der Waals surface area (Å²) in [4.78, 5) is 25.2. The highest BCUT2D eigenvalue weighted by Gasteiger charge is 2.32. The van der Waals surface area contributed by atoms with Gasteiger partial charge >= 0.3 is 6.03 Å². The Balaban J connectivity index is 1.88. The highest BCUT2D eigenvalue weighted by Crippen LogP contribution is 2.31. The number of carbonyl (C=O) groups excluding carboxylic acids is 2. The van der Waals surface area contributed by atoms with Gasteiger partial charge in [0, 0.05) is 11.2 Å². The molecule has 1 aromatic heterocycles. The van der Waals surface area contributed by atoms with Crippen LogP contribution < -0.4 is 10.2 Å². The molecule has 100 valence electrons. The Morgan fingerprint density at radius 3 is 2.95 bits per heavy atom. The minimum absolute atomic E-state index is 0.157. The largest absolute Gasteiger partial charge is 0.334 e. The molecule has 1 N–H and O–H groups in total. The number of halogens is 1. The van der Waals surface area contributed by atoms with Crippen molar-refractivity contribution in [3.8, 4) is 0 Å². The van der Waals surface area contributed by atoms with Gasteiger partial charge in [-0.25, -0.2) is 9.69 Å². The van der Waals surface area contributed by atoms with E-state index in [0.29, 0.717) is 10.7 Å². The van der Waals surface area contributed by atoms with Crippen molar-refractivity contribution in [2.45, 2.75) is 6.42 Å². The first-order valence-corrected chi connectivity index (χ1v) is 6.23. The van der Waals surface area contributed by atoms with Gasteiger partial charge in [0.15, 0.2) is 5.82 Å². The number of rotatable bonds is 1. The maximum Gasteiger partial charge on any atom is 0.334 e. The number of urea groups is 1. The van der Waals surface area contributed by atoms with Gasteiger partial charge in [-0.2, -0.15) is 5.10 Å². The number of anilines is 2. The molecular weight excluding hydrogens is 280 g/mol. The van der Waals surface area contributed by atoms with E-state index in [-0.39, 0.29) is 18.1 Å². The van der Waals surface area contributed by atoms with Crippen molar-refractivity contribution in [1.29, 1.82) is 0 Å². The quantitative estimate of drug-likeness (QED) is 0.873. The summed E-state index contributed by atoms with van der Waals surface area (Å²) in [6.45, 7) is 0. The van der Waals surface area contributed by atoms with Crippen LogP contribution in [0.5, 0.6) is 0 Å². The number of carbonyl (C=O) groups is 2. The number of hydrogen-bond donors (Lipinski definition) is 1. The fourth-order valence-corrected chi connectivity index (χ4v) is 2.24. The molecule has 3 rings (SSSR count). The molecule has 3 amide bonds. The van der Waals surface area contributed by atoms with Crippen LogP contribution in [0.15, 0.2) is 36.5 Å². The zero-order valence-electron chi connectivity index (χ0n) is 10.2. The highest BCUT2D eigenvalue weighted by molar-refractivity contribution is 6.31. The van der Waals surface area contributed by atoms with E-state index < -0.39 is 6.03 Å². The van der Waals surface area contributed by atoms with E-state index in [9.17, 15) is 9.59 Å². The lowest BCUT2D eigenvalue weighted by Crippen LogP contribution is -2.37. The molecule has 1 aliphatic rings. The maximum atomic E-state index is 12.2. The first-order valence-electron chi connectivity index (χ1n) is 5.85. The van der Waals surface area contributed by atoms with Crippen LogP contribution in [0.4, 0.5) is 16.3 Å². The summed E-state index contributed by atoms with van der Waals surface area (Å²) in [5, 5.41) is 10.5. The third kappa shape index (κ3) is 2.21. The van der Waals surface area contributed by atoms with Gasteiger partial charge in [-0.1, -0.05) is 11.6 Å². The lowest BCUT2D eigenvalue weighted by molar-refractivity contribution is -0.116. The SMILES string of the molecule is O=C1Cc2cc(Cl)ccc2N1C(=O)Nc1cccnn1. The molecular formula is C13H9ClN4O2. The average Bonchev–Trinajstić information content (AvgIpc) is 2.74. The Bertz CT molecular complexity index is 690. The van der Waals surface area contributed by atoms with E-state index in [1.54, 1.807) is 30.3 Å². The first kappa shape index (κ1) is 12.6. The minimum Gasteiger partial charge on any atom is -0.290 e. The van der Waals surface area contributed by atoms with Crippen molar-refractivity contribution in [3.05, 3.63) is 47.1 Å².